The van der Waals surface area contributed by atoms with Crippen LogP contribution in [0.1, 0.15) is 12.5 Å². The molecule has 2 rings (SSSR count). The molecule has 1 aliphatic rings. The second-order valence-corrected chi connectivity index (χ2v) is 4.96. The van der Waals surface area contributed by atoms with Crippen molar-refractivity contribution in [1.82, 2.24) is 5.32 Å². The summed E-state index contributed by atoms with van der Waals surface area (Å²) in [5.41, 5.74) is -1.17. The van der Waals surface area contributed by atoms with Crippen LogP contribution in [-0.2, 0) is 0 Å². The average Bonchev–Trinajstić information content (AvgIpc) is 2.78. The lowest BCUT2D eigenvalue weighted by Gasteiger charge is -2.20. The van der Waals surface area contributed by atoms with Crippen LogP contribution in [0.15, 0.2) is 52.8 Å². The number of rotatable bonds is 2. The largest absolute Gasteiger partial charge is 0.507 e. The summed E-state index contributed by atoms with van der Waals surface area (Å²) in [4.78, 5) is 0. The minimum atomic E-state index is -1.61. The monoisotopic (exact) mass is 304 g/mol. The molecule has 0 aliphatic carbocycles. The Morgan fingerprint density at radius 2 is 1.83 bits per heavy atom. The third-order valence-corrected chi connectivity index (χ3v) is 3.36. The van der Waals surface area contributed by atoms with E-state index in [4.69, 9.17) is 10.5 Å². The zero-order chi connectivity index (χ0) is 17.0. The van der Waals surface area contributed by atoms with Gasteiger partial charge in [-0.2, -0.15) is 15.8 Å². The topological polar surface area (TPSA) is 124 Å². The minimum absolute atomic E-state index is 0.000524. The van der Waals surface area contributed by atoms with Crippen molar-refractivity contribution < 1.29 is 10.2 Å². The molecule has 1 aliphatic heterocycles. The summed E-state index contributed by atoms with van der Waals surface area (Å²) in [6, 6.07) is 11.9. The summed E-state index contributed by atoms with van der Waals surface area (Å²) < 4.78 is 0. The van der Waals surface area contributed by atoms with Crippen LogP contribution in [0.4, 0.5) is 0 Å². The van der Waals surface area contributed by atoms with E-state index in [0.717, 1.165) is 0 Å². The number of nitriles is 3. The molecule has 3 N–H and O–H groups in total. The Labute approximate surface area is 133 Å². The van der Waals surface area contributed by atoms with Crippen molar-refractivity contribution in [2.24, 2.45) is 0 Å². The summed E-state index contributed by atoms with van der Waals surface area (Å²) in [7, 11) is 0. The zero-order valence-corrected chi connectivity index (χ0v) is 12.2. The number of nitrogens with one attached hydrogen (secondary N) is 1. The number of benzene rings is 1. The van der Waals surface area contributed by atoms with Crippen LogP contribution in [0, 0.1) is 34.0 Å². The maximum absolute atomic E-state index is 10.4. The highest BCUT2D eigenvalue weighted by atomic mass is 16.3. The Morgan fingerprint density at radius 3 is 2.39 bits per heavy atom. The van der Waals surface area contributed by atoms with E-state index in [0.29, 0.717) is 5.56 Å². The highest BCUT2D eigenvalue weighted by Crippen LogP contribution is 2.33. The van der Waals surface area contributed by atoms with Gasteiger partial charge >= 0.3 is 0 Å². The Kier molecular flexibility index (Phi) is 4.18. The fourth-order valence-corrected chi connectivity index (χ4v) is 2.24. The van der Waals surface area contributed by atoms with Crippen LogP contribution in [0.5, 0.6) is 5.75 Å². The van der Waals surface area contributed by atoms with Gasteiger partial charge in [0.1, 0.15) is 24.0 Å². The lowest BCUT2D eigenvalue weighted by Crippen LogP contribution is -2.38. The minimum Gasteiger partial charge on any atom is -0.507 e. The Hall–Kier alpha value is -3.53. The molecule has 1 aromatic carbocycles. The normalized spacial score (nSPS) is 19.9. The Bertz CT molecular complexity index is 855. The van der Waals surface area contributed by atoms with Gasteiger partial charge < -0.3 is 15.5 Å². The molecule has 0 saturated carbocycles. The number of hydrogen-bond acceptors (Lipinski definition) is 6. The van der Waals surface area contributed by atoms with E-state index in [1.165, 1.54) is 19.1 Å². The molecule has 0 bridgehead atoms. The summed E-state index contributed by atoms with van der Waals surface area (Å²) in [5.74, 6) is 0.0546. The lowest BCUT2D eigenvalue weighted by atomic mass is 10.0. The van der Waals surface area contributed by atoms with E-state index in [9.17, 15) is 15.5 Å². The fraction of sp³-hybridized carbons (Fsp3) is 0.118. The van der Waals surface area contributed by atoms with Crippen LogP contribution >= 0.6 is 0 Å². The number of aliphatic hydroxyl groups is 1. The van der Waals surface area contributed by atoms with Gasteiger partial charge in [0, 0.05) is 11.1 Å². The molecule has 0 radical (unpaired) electrons. The molecular formula is C17H12N4O2. The molecule has 1 atom stereocenters. The number of aromatic hydroxyl groups is 1. The van der Waals surface area contributed by atoms with Gasteiger partial charge in [0.15, 0.2) is 11.3 Å². The van der Waals surface area contributed by atoms with Crippen LogP contribution in [0.25, 0.3) is 6.08 Å². The number of phenolic OH excluding ortho intramolecular Hbond substituents is 1. The molecule has 0 amide bonds. The first-order valence-electron chi connectivity index (χ1n) is 6.61. The lowest BCUT2D eigenvalue weighted by molar-refractivity contribution is 0.0851. The van der Waals surface area contributed by atoms with Crippen molar-refractivity contribution in [2.45, 2.75) is 12.6 Å². The maximum atomic E-state index is 10.4. The molecule has 0 spiro atoms. The number of nitrogens with zero attached hydrogens (tertiary/aromatic N) is 3. The fourth-order valence-electron chi connectivity index (χ4n) is 2.24. The molecule has 23 heavy (non-hydrogen) atoms. The van der Waals surface area contributed by atoms with Crippen molar-refractivity contribution >= 4 is 6.08 Å². The molecule has 6 nitrogen and oxygen atoms in total. The standard InChI is InChI=1S/C17H12N4O2/c1-17(23)14(7-6-11-4-2-3-5-15(11)22)13(10-20)16(21-17)12(8-18)9-19/h2-7,21-23H,1H3/b7-6+. The van der Waals surface area contributed by atoms with Crippen LogP contribution in [0.2, 0.25) is 0 Å². The Morgan fingerprint density at radius 1 is 1.17 bits per heavy atom. The van der Waals surface area contributed by atoms with Gasteiger partial charge in [-0.1, -0.05) is 30.4 Å². The number of hydrogen-bond donors (Lipinski definition) is 3. The van der Waals surface area contributed by atoms with Crippen LogP contribution < -0.4 is 5.32 Å². The Balaban J connectivity index is 2.59. The molecule has 0 aromatic heterocycles. The first kappa shape index (κ1) is 15.9. The summed E-state index contributed by atoms with van der Waals surface area (Å²) >= 11 is 0. The molecule has 112 valence electrons. The van der Waals surface area contributed by atoms with E-state index in [2.05, 4.69) is 5.32 Å². The summed E-state index contributed by atoms with van der Waals surface area (Å²) in [6.07, 6.45) is 3.01. The SMILES string of the molecule is CC1(O)NC(=C(C#N)C#N)C(C#N)=C1/C=C/c1ccccc1O. The second kappa shape index (κ2) is 6.07. The van der Waals surface area contributed by atoms with Gasteiger partial charge in [0.05, 0.1) is 11.3 Å². The van der Waals surface area contributed by atoms with Crippen molar-refractivity contribution in [3.63, 3.8) is 0 Å². The van der Waals surface area contributed by atoms with Gasteiger partial charge in [0.25, 0.3) is 0 Å². The average molecular weight is 304 g/mol. The number of phenols is 1. The molecular weight excluding hydrogens is 292 g/mol. The first-order chi connectivity index (χ1) is 10.9. The zero-order valence-electron chi connectivity index (χ0n) is 12.2. The van der Waals surface area contributed by atoms with E-state index in [1.807, 2.05) is 6.07 Å². The third-order valence-electron chi connectivity index (χ3n) is 3.36. The molecule has 1 heterocycles. The van der Waals surface area contributed by atoms with E-state index in [-0.39, 0.29) is 28.2 Å². The molecule has 1 aromatic rings. The van der Waals surface area contributed by atoms with Gasteiger partial charge in [-0.25, -0.2) is 0 Å². The van der Waals surface area contributed by atoms with Gasteiger partial charge in [-0.3, -0.25) is 0 Å². The third kappa shape index (κ3) is 2.91. The van der Waals surface area contributed by atoms with Gasteiger partial charge in [-0.05, 0) is 13.0 Å². The van der Waals surface area contributed by atoms with E-state index < -0.39 is 5.72 Å². The van der Waals surface area contributed by atoms with Crippen LogP contribution in [-0.4, -0.2) is 15.9 Å². The summed E-state index contributed by atoms with van der Waals surface area (Å²) in [5, 5.41) is 50.1. The smallest absolute Gasteiger partial charge is 0.160 e. The summed E-state index contributed by atoms with van der Waals surface area (Å²) in [6.45, 7) is 1.41. The highest BCUT2D eigenvalue weighted by Gasteiger charge is 2.37. The first-order valence-corrected chi connectivity index (χ1v) is 6.61. The van der Waals surface area contributed by atoms with E-state index >= 15 is 0 Å². The predicted molar refractivity (Wildman–Crippen MR) is 81.8 cm³/mol. The van der Waals surface area contributed by atoms with Crippen molar-refractivity contribution in [3.8, 4) is 24.0 Å². The maximum Gasteiger partial charge on any atom is 0.160 e. The second-order valence-electron chi connectivity index (χ2n) is 4.96. The van der Waals surface area contributed by atoms with Crippen molar-refractivity contribution in [3.05, 3.63) is 58.3 Å². The van der Waals surface area contributed by atoms with Crippen molar-refractivity contribution in [1.29, 1.82) is 15.8 Å². The predicted octanol–water partition coefficient (Wildman–Crippen LogP) is 1.84. The van der Waals surface area contributed by atoms with Crippen molar-refractivity contribution in [2.75, 3.05) is 0 Å². The number of allylic oxidation sites excluding steroid dienone is 2. The molecule has 1 unspecified atom stereocenters. The molecule has 0 saturated heterocycles. The highest BCUT2D eigenvalue weighted by molar-refractivity contribution is 5.67. The van der Waals surface area contributed by atoms with Gasteiger partial charge in [-0.15, -0.1) is 0 Å². The quantitative estimate of drug-likeness (QED) is 0.716. The van der Waals surface area contributed by atoms with E-state index in [1.54, 1.807) is 36.4 Å². The molecule has 0 fully saturated rings. The van der Waals surface area contributed by atoms with Crippen LogP contribution in [0.3, 0.4) is 0 Å². The van der Waals surface area contributed by atoms with Gasteiger partial charge in [0.2, 0.25) is 0 Å². The number of para-hydroxylation sites is 1. The molecule has 6 heteroatoms.